The normalized spacial score (nSPS) is 9.13. The number of nitrogens with zero attached hydrogens (tertiary/aromatic N) is 1. The fourth-order valence-electron chi connectivity index (χ4n) is 1.14. The Balaban J connectivity index is 0.000000921. The minimum Gasteiger partial charge on any atom is -0.385 e. The molecule has 0 aliphatic carbocycles. The summed E-state index contributed by atoms with van der Waals surface area (Å²) in [6.45, 7) is 8.80. The Morgan fingerprint density at radius 2 is 2.00 bits per heavy atom. The largest absolute Gasteiger partial charge is 0.385 e. The molecule has 0 bridgehead atoms. The van der Waals surface area contributed by atoms with Crippen LogP contribution in [-0.2, 0) is 0 Å². The van der Waals surface area contributed by atoms with Crippen LogP contribution in [0.15, 0.2) is 12.1 Å². The van der Waals surface area contributed by atoms with Gasteiger partial charge in [0.2, 0.25) is 5.95 Å². The van der Waals surface area contributed by atoms with E-state index in [2.05, 4.69) is 17.2 Å². The van der Waals surface area contributed by atoms with Crippen molar-refractivity contribution >= 4 is 5.69 Å². The highest BCUT2D eigenvalue weighted by molar-refractivity contribution is 5.43. The summed E-state index contributed by atoms with van der Waals surface area (Å²) in [7, 11) is 0. The molecule has 3 heteroatoms. The van der Waals surface area contributed by atoms with Gasteiger partial charge in [0.25, 0.3) is 0 Å². The van der Waals surface area contributed by atoms with Gasteiger partial charge in [-0.1, -0.05) is 27.2 Å². The van der Waals surface area contributed by atoms with Gasteiger partial charge >= 0.3 is 0 Å². The van der Waals surface area contributed by atoms with Crippen LogP contribution in [0.25, 0.3) is 0 Å². The van der Waals surface area contributed by atoms with Gasteiger partial charge in [-0.3, -0.25) is 0 Å². The molecule has 0 saturated heterocycles. The smallest absolute Gasteiger partial charge is 0.215 e. The number of unbranched alkanes of at least 4 members (excludes halogenated alkanes) is 1. The number of pyridine rings is 1. The summed E-state index contributed by atoms with van der Waals surface area (Å²) in [6, 6.07) is 3.27. The first-order chi connectivity index (χ1) is 7.22. The van der Waals surface area contributed by atoms with Gasteiger partial charge in [0.05, 0.1) is 0 Å². The number of aromatic nitrogens is 1. The second kappa shape index (κ2) is 8.21. The molecule has 0 aromatic carbocycles. The number of aryl methyl sites for hydroxylation is 1. The highest BCUT2D eigenvalue weighted by Gasteiger charge is 1.97. The van der Waals surface area contributed by atoms with Crippen molar-refractivity contribution in [2.45, 2.75) is 40.5 Å². The molecular weight excluding hydrogens is 191 g/mol. The zero-order valence-electron chi connectivity index (χ0n) is 10.1. The van der Waals surface area contributed by atoms with E-state index < -0.39 is 5.95 Å². The minimum atomic E-state index is -0.418. The number of anilines is 1. The molecule has 0 radical (unpaired) electrons. The Morgan fingerprint density at radius 1 is 1.33 bits per heavy atom. The second-order valence-electron chi connectivity index (χ2n) is 3.10. The zero-order chi connectivity index (χ0) is 11.7. The maximum Gasteiger partial charge on any atom is 0.215 e. The fraction of sp³-hybridized carbons (Fsp3) is 0.583. The molecule has 0 fully saturated rings. The molecule has 1 N–H and O–H groups in total. The van der Waals surface area contributed by atoms with E-state index in [-0.39, 0.29) is 0 Å². The standard InChI is InChI=1S/C10H15FN2.C2H6/c1-3-4-5-12-9-6-8(2)13-10(11)7-9;1-2/h6-7H,3-5H2,1-2H3,(H,12,13);1-2H3. The molecule has 0 unspecified atom stereocenters. The summed E-state index contributed by atoms with van der Waals surface area (Å²) >= 11 is 0. The molecular formula is C12H21FN2. The summed E-state index contributed by atoms with van der Waals surface area (Å²) in [5.41, 5.74) is 1.53. The third-order valence-electron chi connectivity index (χ3n) is 1.78. The predicted octanol–water partition coefficient (Wildman–Crippen LogP) is 3.77. The van der Waals surface area contributed by atoms with Gasteiger partial charge in [-0.15, -0.1) is 0 Å². The Hall–Kier alpha value is -1.12. The van der Waals surface area contributed by atoms with E-state index >= 15 is 0 Å². The molecule has 1 heterocycles. The van der Waals surface area contributed by atoms with Gasteiger partial charge in [0.1, 0.15) is 0 Å². The Bertz CT molecular complexity index is 254. The average Bonchev–Trinajstić information content (AvgIpc) is 2.20. The molecule has 15 heavy (non-hydrogen) atoms. The van der Waals surface area contributed by atoms with E-state index in [1.165, 1.54) is 6.07 Å². The van der Waals surface area contributed by atoms with Crippen LogP contribution in [0.5, 0.6) is 0 Å². The lowest BCUT2D eigenvalue weighted by Crippen LogP contribution is -2.02. The fourth-order valence-corrected chi connectivity index (χ4v) is 1.14. The van der Waals surface area contributed by atoms with Gasteiger partial charge in [-0.05, 0) is 19.4 Å². The second-order valence-corrected chi connectivity index (χ2v) is 3.10. The SMILES string of the molecule is CC.CCCCNc1cc(C)nc(F)c1. The molecule has 0 saturated carbocycles. The summed E-state index contributed by atoms with van der Waals surface area (Å²) in [4.78, 5) is 3.66. The quantitative estimate of drug-likeness (QED) is 0.607. The van der Waals surface area contributed by atoms with Gasteiger partial charge in [0, 0.05) is 24.0 Å². The van der Waals surface area contributed by atoms with Crippen molar-refractivity contribution in [1.29, 1.82) is 0 Å². The Morgan fingerprint density at radius 3 is 2.53 bits per heavy atom. The maximum atomic E-state index is 12.8. The van der Waals surface area contributed by atoms with Crippen LogP contribution in [0.4, 0.5) is 10.1 Å². The summed E-state index contributed by atoms with van der Waals surface area (Å²) < 4.78 is 12.8. The maximum absolute atomic E-state index is 12.8. The molecule has 1 rings (SSSR count). The molecule has 1 aromatic rings. The van der Waals surface area contributed by atoms with E-state index in [0.717, 1.165) is 25.1 Å². The lowest BCUT2D eigenvalue weighted by atomic mass is 10.3. The van der Waals surface area contributed by atoms with Crippen molar-refractivity contribution in [1.82, 2.24) is 4.98 Å². The highest BCUT2D eigenvalue weighted by Crippen LogP contribution is 2.09. The molecule has 86 valence electrons. The molecule has 1 aromatic heterocycles. The van der Waals surface area contributed by atoms with E-state index in [1.807, 2.05) is 19.9 Å². The van der Waals surface area contributed by atoms with E-state index in [4.69, 9.17) is 0 Å². The number of hydrogen-bond donors (Lipinski definition) is 1. The number of rotatable bonds is 4. The third kappa shape index (κ3) is 6.05. The van der Waals surface area contributed by atoms with Gasteiger partial charge in [-0.2, -0.15) is 4.39 Å². The van der Waals surface area contributed by atoms with Crippen LogP contribution >= 0.6 is 0 Å². The third-order valence-corrected chi connectivity index (χ3v) is 1.78. The number of nitrogens with one attached hydrogen (secondary N) is 1. The first-order valence-electron chi connectivity index (χ1n) is 5.60. The van der Waals surface area contributed by atoms with E-state index in [9.17, 15) is 4.39 Å². The van der Waals surface area contributed by atoms with Crippen LogP contribution in [0, 0.1) is 12.9 Å². The topological polar surface area (TPSA) is 24.9 Å². The molecule has 0 spiro atoms. The first kappa shape index (κ1) is 13.9. The zero-order valence-corrected chi connectivity index (χ0v) is 10.1. The number of hydrogen-bond acceptors (Lipinski definition) is 2. The van der Waals surface area contributed by atoms with Crippen LogP contribution in [0.3, 0.4) is 0 Å². The molecule has 0 aliphatic rings. The van der Waals surface area contributed by atoms with Crippen molar-refractivity contribution < 1.29 is 4.39 Å². The Kier molecular flexibility index (Phi) is 7.60. The van der Waals surface area contributed by atoms with Crippen LogP contribution in [-0.4, -0.2) is 11.5 Å². The highest BCUT2D eigenvalue weighted by atomic mass is 19.1. The molecule has 0 aliphatic heterocycles. The Labute approximate surface area is 91.9 Å². The van der Waals surface area contributed by atoms with Crippen molar-refractivity contribution in [3.63, 3.8) is 0 Å². The minimum absolute atomic E-state index is 0.418. The van der Waals surface area contributed by atoms with Gasteiger partial charge in [0.15, 0.2) is 0 Å². The van der Waals surface area contributed by atoms with Crippen LogP contribution in [0.2, 0.25) is 0 Å². The van der Waals surface area contributed by atoms with Crippen molar-refractivity contribution in [3.05, 3.63) is 23.8 Å². The summed E-state index contributed by atoms with van der Waals surface area (Å²) in [5.74, 6) is -0.418. The average molecular weight is 212 g/mol. The van der Waals surface area contributed by atoms with E-state index in [0.29, 0.717) is 5.69 Å². The van der Waals surface area contributed by atoms with Crippen molar-refractivity contribution in [3.8, 4) is 0 Å². The summed E-state index contributed by atoms with van der Waals surface area (Å²) in [6.07, 6.45) is 2.24. The van der Waals surface area contributed by atoms with Gasteiger partial charge < -0.3 is 5.32 Å². The lowest BCUT2D eigenvalue weighted by molar-refractivity contribution is 0.580. The molecule has 0 atom stereocenters. The predicted molar refractivity (Wildman–Crippen MR) is 63.7 cm³/mol. The molecule has 0 amide bonds. The first-order valence-corrected chi connectivity index (χ1v) is 5.60. The number of halogens is 1. The van der Waals surface area contributed by atoms with Crippen molar-refractivity contribution in [2.75, 3.05) is 11.9 Å². The van der Waals surface area contributed by atoms with Crippen LogP contribution in [0.1, 0.15) is 39.3 Å². The van der Waals surface area contributed by atoms with E-state index in [1.54, 1.807) is 6.92 Å². The van der Waals surface area contributed by atoms with Crippen LogP contribution < -0.4 is 5.32 Å². The molecule has 2 nitrogen and oxygen atoms in total. The van der Waals surface area contributed by atoms with Gasteiger partial charge in [-0.25, -0.2) is 4.98 Å². The lowest BCUT2D eigenvalue weighted by Gasteiger charge is -2.05. The van der Waals surface area contributed by atoms with Crippen molar-refractivity contribution in [2.24, 2.45) is 0 Å². The monoisotopic (exact) mass is 212 g/mol. The summed E-state index contributed by atoms with van der Waals surface area (Å²) in [5, 5.41) is 3.15.